The highest BCUT2D eigenvalue weighted by atomic mass is 16.2. The van der Waals surface area contributed by atoms with Gasteiger partial charge in [0.25, 0.3) is 5.91 Å². The molecule has 4 aliphatic carbocycles. The summed E-state index contributed by atoms with van der Waals surface area (Å²) < 4.78 is 0. The van der Waals surface area contributed by atoms with Gasteiger partial charge in [-0.15, -0.1) is 0 Å². The van der Waals surface area contributed by atoms with Crippen LogP contribution in [0.25, 0.3) is 0 Å². The molecule has 2 saturated carbocycles. The molecule has 7 rings (SSSR count). The van der Waals surface area contributed by atoms with E-state index in [1.807, 2.05) is 30.3 Å². The predicted octanol–water partition coefficient (Wildman–Crippen LogP) is 3.50. The van der Waals surface area contributed by atoms with Crippen molar-refractivity contribution in [3.63, 3.8) is 0 Å². The third-order valence-corrected chi connectivity index (χ3v) is 7.06. The first kappa shape index (κ1) is 16.7. The number of para-hydroxylation sites is 1. The van der Waals surface area contributed by atoms with Crippen LogP contribution in [-0.2, 0) is 9.59 Å². The van der Waals surface area contributed by atoms with Crippen LogP contribution in [0.4, 0.5) is 11.4 Å². The van der Waals surface area contributed by atoms with E-state index in [2.05, 4.69) is 17.5 Å². The Balaban J connectivity index is 1.30. The topological polar surface area (TPSA) is 66.5 Å². The Kier molecular flexibility index (Phi) is 3.40. The van der Waals surface area contributed by atoms with Gasteiger partial charge in [-0.05, 0) is 60.4 Å². The second-order valence-electron chi connectivity index (χ2n) is 8.54. The van der Waals surface area contributed by atoms with E-state index in [9.17, 15) is 14.4 Å². The molecule has 6 atom stereocenters. The summed E-state index contributed by atoms with van der Waals surface area (Å²) in [5, 5.41) is 2.85. The van der Waals surface area contributed by atoms with Gasteiger partial charge in [-0.25, -0.2) is 4.90 Å². The summed E-state index contributed by atoms with van der Waals surface area (Å²) in [6.45, 7) is 0. The number of allylic oxidation sites excluding steroid dienone is 2. The zero-order valence-electron chi connectivity index (χ0n) is 15.7. The average Bonchev–Trinajstić information content (AvgIpc) is 3.52. The Morgan fingerprint density at radius 1 is 0.862 bits per heavy atom. The minimum Gasteiger partial charge on any atom is -0.322 e. The zero-order valence-corrected chi connectivity index (χ0v) is 15.7. The van der Waals surface area contributed by atoms with E-state index in [-0.39, 0.29) is 41.4 Å². The van der Waals surface area contributed by atoms with Gasteiger partial charge in [0.05, 0.1) is 17.5 Å². The van der Waals surface area contributed by atoms with Crippen molar-refractivity contribution in [1.82, 2.24) is 0 Å². The van der Waals surface area contributed by atoms with Crippen LogP contribution in [0.15, 0.2) is 66.7 Å². The minimum atomic E-state index is -0.266. The molecule has 1 aliphatic heterocycles. The molecule has 144 valence electrons. The fourth-order valence-electron chi connectivity index (χ4n) is 5.72. The number of hydrogen-bond donors (Lipinski definition) is 1. The summed E-state index contributed by atoms with van der Waals surface area (Å²) >= 11 is 0. The number of hydrogen-bond acceptors (Lipinski definition) is 3. The number of amides is 3. The molecule has 1 N–H and O–H groups in total. The van der Waals surface area contributed by atoms with Gasteiger partial charge in [0.15, 0.2) is 0 Å². The van der Waals surface area contributed by atoms with E-state index in [4.69, 9.17) is 0 Å². The number of carbonyl (C=O) groups is 3. The third kappa shape index (κ3) is 2.36. The maximum atomic E-state index is 13.2. The molecule has 2 aromatic rings. The first-order valence-corrected chi connectivity index (χ1v) is 10.2. The molecule has 0 unspecified atom stereocenters. The van der Waals surface area contributed by atoms with Crippen LogP contribution in [0.2, 0.25) is 0 Å². The van der Waals surface area contributed by atoms with E-state index < -0.39 is 0 Å². The lowest BCUT2D eigenvalue weighted by Gasteiger charge is -2.37. The van der Waals surface area contributed by atoms with E-state index in [1.165, 1.54) is 4.90 Å². The van der Waals surface area contributed by atoms with Crippen LogP contribution in [0.1, 0.15) is 16.8 Å². The van der Waals surface area contributed by atoms with E-state index >= 15 is 0 Å². The maximum Gasteiger partial charge on any atom is 0.255 e. The van der Waals surface area contributed by atoms with Crippen LogP contribution in [-0.4, -0.2) is 17.7 Å². The number of nitrogens with one attached hydrogen (secondary N) is 1. The minimum absolute atomic E-state index is 0.106. The van der Waals surface area contributed by atoms with Crippen LogP contribution < -0.4 is 10.2 Å². The first-order valence-electron chi connectivity index (χ1n) is 10.2. The van der Waals surface area contributed by atoms with Crippen molar-refractivity contribution in [3.8, 4) is 0 Å². The predicted molar refractivity (Wildman–Crippen MR) is 108 cm³/mol. The molecule has 5 aliphatic rings. The highest BCUT2D eigenvalue weighted by Gasteiger charge is 2.67. The monoisotopic (exact) mass is 384 g/mol. The Hall–Kier alpha value is -3.21. The molecule has 1 saturated heterocycles. The Morgan fingerprint density at radius 2 is 1.52 bits per heavy atom. The fraction of sp³-hybridized carbons (Fsp3) is 0.292. The van der Waals surface area contributed by atoms with Gasteiger partial charge < -0.3 is 5.32 Å². The van der Waals surface area contributed by atoms with Gasteiger partial charge in [-0.2, -0.15) is 0 Å². The number of nitrogens with zero attached hydrogens (tertiary/aromatic N) is 1. The highest BCUT2D eigenvalue weighted by molar-refractivity contribution is 6.23. The normalized spacial score (nSPS) is 33.4. The number of benzene rings is 2. The molecule has 3 amide bonds. The molecule has 5 nitrogen and oxygen atoms in total. The lowest BCUT2D eigenvalue weighted by Crippen LogP contribution is -2.40. The van der Waals surface area contributed by atoms with Crippen molar-refractivity contribution in [3.05, 3.63) is 72.3 Å². The molecule has 0 spiro atoms. The second kappa shape index (κ2) is 5.89. The van der Waals surface area contributed by atoms with Crippen molar-refractivity contribution in [2.75, 3.05) is 10.2 Å². The van der Waals surface area contributed by atoms with Gasteiger partial charge in [0.2, 0.25) is 11.8 Å². The summed E-state index contributed by atoms with van der Waals surface area (Å²) in [5.74, 6) is 0.596. The molecule has 3 fully saturated rings. The Bertz CT molecular complexity index is 1040. The molecule has 1 heterocycles. The van der Waals surface area contributed by atoms with Crippen molar-refractivity contribution < 1.29 is 14.4 Å². The fourth-order valence-corrected chi connectivity index (χ4v) is 5.72. The summed E-state index contributed by atoms with van der Waals surface area (Å²) in [6, 6.07) is 16.0. The second-order valence-corrected chi connectivity index (χ2v) is 8.54. The quantitative estimate of drug-likeness (QED) is 0.651. The van der Waals surface area contributed by atoms with E-state index in [1.54, 1.807) is 24.3 Å². The average molecular weight is 384 g/mol. The smallest absolute Gasteiger partial charge is 0.255 e. The lowest BCUT2D eigenvalue weighted by atomic mass is 9.63. The molecule has 2 bridgehead atoms. The standard InChI is InChI=1S/C24H20N2O3/c27-22(25-14-6-2-1-3-7-14)13-5-4-8-15(11-13)26-23(28)20-16-9-10-17(19-12-18(16)19)21(20)24(26)29/h1-11,16-21H,12H2,(H,25,27)/t16-,17-,18-,19-,20-,21+/m1/s1. The van der Waals surface area contributed by atoms with Crippen LogP contribution >= 0.6 is 0 Å². The summed E-state index contributed by atoms with van der Waals surface area (Å²) in [4.78, 5) is 40.5. The highest BCUT2D eigenvalue weighted by Crippen LogP contribution is 2.65. The largest absolute Gasteiger partial charge is 0.322 e. The number of imide groups is 1. The number of anilines is 2. The first-order chi connectivity index (χ1) is 14.1. The van der Waals surface area contributed by atoms with Crippen molar-refractivity contribution >= 4 is 29.1 Å². The lowest BCUT2D eigenvalue weighted by molar-refractivity contribution is -0.124. The molecule has 0 radical (unpaired) electrons. The van der Waals surface area contributed by atoms with E-state index in [0.29, 0.717) is 28.8 Å². The van der Waals surface area contributed by atoms with Gasteiger partial charge in [-0.3, -0.25) is 14.4 Å². The zero-order chi connectivity index (χ0) is 19.7. The van der Waals surface area contributed by atoms with Crippen LogP contribution in [0.5, 0.6) is 0 Å². The number of rotatable bonds is 3. The number of carbonyl (C=O) groups excluding carboxylic acids is 3. The van der Waals surface area contributed by atoms with Crippen molar-refractivity contribution in [2.24, 2.45) is 35.5 Å². The van der Waals surface area contributed by atoms with E-state index in [0.717, 1.165) is 6.42 Å². The molecular weight excluding hydrogens is 364 g/mol. The summed E-state index contributed by atoms with van der Waals surface area (Å²) in [6.07, 6.45) is 5.47. The molecule has 2 aromatic carbocycles. The van der Waals surface area contributed by atoms with Crippen LogP contribution in [0.3, 0.4) is 0 Å². The van der Waals surface area contributed by atoms with Crippen molar-refractivity contribution in [2.45, 2.75) is 6.42 Å². The van der Waals surface area contributed by atoms with Crippen molar-refractivity contribution in [1.29, 1.82) is 0 Å². The van der Waals surface area contributed by atoms with Gasteiger partial charge in [0.1, 0.15) is 0 Å². The SMILES string of the molecule is O=C(Nc1ccccc1)c1cccc(N2C(=O)[C@@H]3[C@@H]4C=C[C@H]([C@H]5C[C@H]45)[C@@H]3C2=O)c1. The molecule has 5 heteroatoms. The van der Waals surface area contributed by atoms with Gasteiger partial charge in [0, 0.05) is 11.3 Å². The summed E-state index contributed by atoms with van der Waals surface area (Å²) in [5.41, 5.74) is 1.61. The van der Waals surface area contributed by atoms with Gasteiger partial charge >= 0.3 is 0 Å². The van der Waals surface area contributed by atoms with Crippen LogP contribution in [0, 0.1) is 35.5 Å². The third-order valence-electron chi connectivity index (χ3n) is 7.06. The molecule has 29 heavy (non-hydrogen) atoms. The maximum absolute atomic E-state index is 13.2. The Labute approximate surface area is 168 Å². The molecule has 0 aromatic heterocycles. The molecular formula is C24H20N2O3. The Morgan fingerprint density at radius 3 is 2.17 bits per heavy atom. The van der Waals surface area contributed by atoms with Gasteiger partial charge in [-0.1, -0.05) is 36.4 Å². The summed E-state index contributed by atoms with van der Waals surface area (Å²) in [7, 11) is 0.